The Morgan fingerprint density at radius 2 is 2.22 bits per heavy atom. The van der Waals surface area contributed by atoms with Crippen molar-refractivity contribution in [2.24, 2.45) is 5.41 Å². The van der Waals surface area contributed by atoms with Gasteiger partial charge in [0.15, 0.2) is 0 Å². The molecule has 3 atom stereocenters. The van der Waals surface area contributed by atoms with Gasteiger partial charge in [-0.1, -0.05) is 0 Å². The van der Waals surface area contributed by atoms with Crippen LogP contribution in [0.5, 0.6) is 0 Å². The topological polar surface area (TPSA) is 35.6 Å². The Bertz CT molecular complexity index is 338. The summed E-state index contributed by atoms with van der Waals surface area (Å²) in [6.07, 6.45) is 3.56. The maximum absolute atomic E-state index is 12.8. The molecule has 102 valence electrons. The second-order valence-electron chi connectivity index (χ2n) is 6.58. The lowest BCUT2D eigenvalue weighted by molar-refractivity contribution is -0.146. The lowest BCUT2D eigenvalue weighted by atomic mass is 9.87. The minimum atomic E-state index is -0.158. The van der Waals surface area contributed by atoms with Gasteiger partial charge in [-0.15, -0.1) is 0 Å². The van der Waals surface area contributed by atoms with Crippen molar-refractivity contribution in [3.05, 3.63) is 0 Å². The first kappa shape index (κ1) is 12.4. The van der Waals surface area contributed by atoms with Gasteiger partial charge in [0.05, 0.1) is 5.41 Å². The molecule has 0 saturated carbocycles. The summed E-state index contributed by atoms with van der Waals surface area (Å²) in [5.41, 5.74) is -0.158. The van der Waals surface area contributed by atoms with Gasteiger partial charge in [0.2, 0.25) is 5.91 Å². The van der Waals surface area contributed by atoms with E-state index >= 15 is 0 Å². The minimum Gasteiger partial charge on any atom is -0.337 e. The minimum absolute atomic E-state index is 0.158. The van der Waals surface area contributed by atoms with Gasteiger partial charge in [-0.2, -0.15) is 0 Å². The van der Waals surface area contributed by atoms with Crippen molar-refractivity contribution >= 4 is 5.91 Å². The molecule has 3 heterocycles. The van der Waals surface area contributed by atoms with E-state index in [1.54, 1.807) is 0 Å². The first-order valence-electron chi connectivity index (χ1n) is 7.36. The maximum atomic E-state index is 12.8. The lowest BCUT2D eigenvalue weighted by Gasteiger charge is -2.44. The van der Waals surface area contributed by atoms with Crippen LogP contribution in [-0.4, -0.2) is 60.5 Å². The first-order valence-corrected chi connectivity index (χ1v) is 7.36. The average Bonchev–Trinajstić information content (AvgIpc) is 2.96. The van der Waals surface area contributed by atoms with Gasteiger partial charge in [-0.3, -0.25) is 9.69 Å². The molecule has 1 amide bonds. The summed E-state index contributed by atoms with van der Waals surface area (Å²) in [6, 6.07) is 1.01. The summed E-state index contributed by atoms with van der Waals surface area (Å²) < 4.78 is 0. The number of amides is 1. The van der Waals surface area contributed by atoms with Crippen molar-refractivity contribution in [3.8, 4) is 0 Å². The third kappa shape index (κ3) is 1.95. The Hall–Kier alpha value is -0.610. The van der Waals surface area contributed by atoms with Crippen LogP contribution in [0.25, 0.3) is 0 Å². The van der Waals surface area contributed by atoms with Crippen LogP contribution in [0.15, 0.2) is 0 Å². The maximum Gasteiger partial charge on any atom is 0.230 e. The zero-order valence-corrected chi connectivity index (χ0v) is 11.6. The van der Waals surface area contributed by atoms with Crippen molar-refractivity contribution in [2.75, 3.05) is 32.7 Å². The molecule has 1 N–H and O–H groups in total. The quantitative estimate of drug-likeness (QED) is 0.744. The molecule has 4 heteroatoms. The highest BCUT2D eigenvalue weighted by molar-refractivity contribution is 5.83. The number of hydrogen-bond donors (Lipinski definition) is 1. The number of carbonyl (C=O) groups is 1. The van der Waals surface area contributed by atoms with E-state index in [4.69, 9.17) is 0 Å². The zero-order valence-electron chi connectivity index (χ0n) is 11.6. The molecule has 4 nitrogen and oxygen atoms in total. The van der Waals surface area contributed by atoms with E-state index in [0.29, 0.717) is 18.0 Å². The summed E-state index contributed by atoms with van der Waals surface area (Å²) >= 11 is 0. The van der Waals surface area contributed by atoms with Crippen LogP contribution in [0.4, 0.5) is 0 Å². The lowest BCUT2D eigenvalue weighted by Crippen LogP contribution is -2.59. The second kappa shape index (κ2) is 4.49. The van der Waals surface area contributed by atoms with Crippen molar-refractivity contribution in [3.63, 3.8) is 0 Å². The largest absolute Gasteiger partial charge is 0.337 e. The summed E-state index contributed by atoms with van der Waals surface area (Å²) in [7, 11) is 0. The van der Waals surface area contributed by atoms with Crippen molar-refractivity contribution in [1.82, 2.24) is 15.1 Å². The van der Waals surface area contributed by atoms with Crippen LogP contribution in [0.1, 0.15) is 33.1 Å². The number of nitrogens with zero attached hydrogens (tertiary/aromatic N) is 2. The smallest absolute Gasteiger partial charge is 0.230 e. The molecule has 3 saturated heterocycles. The van der Waals surface area contributed by atoms with Crippen molar-refractivity contribution < 1.29 is 4.79 Å². The standard InChI is InChI=1S/C14H25N3O/c1-11-8-16-7-3-4-12(16)9-17(11)13(18)14(2)5-6-15-10-14/h11-12,15H,3-10H2,1-2H3. The Morgan fingerprint density at radius 3 is 2.94 bits per heavy atom. The predicted molar refractivity (Wildman–Crippen MR) is 71.4 cm³/mol. The fourth-order valence-electron chi connectivity index (χ4n) is 3.82. The van der Waals surface area contributed by atoms with Crippen LogP contribution < -0.4 is 5.32 Å². The average molecular weight is 251 g/mol. The second-order valence-corrected chi connectivity index (χ2v) is 6.58. The van der Waals surface area contributed by atoms with Gasteiger partial charge in [-0.05, 0) is 46.2 Å². The normalized spacial score (nSPS) is 41.1. The molecule has 0 aliphatic carbocycles. The van der Waals surface area contributed by atoms with Gasteiger partial charge < -0.3 is 10.2 Å². The molecule has 0 aromatic carbocycles. The third-order valence-corrected chi connectivity index (χ3v) is 5.08. The van der Waals surface area contributed by atoms with Gasteiger partial charge in [0, 0.05) is 31.7 Å². The van der Waals surface area contributed by atoms with Gasteiger partial charge >= 0.3 is 0 Å². The van der Waals surface area contributed by atoms with E-state index in [0.717, 1.165) is 32.6 Å². The molecule has 0 aromatic heterocycles. The number of fused-ring (bicyclic) bond motifs is 1. The van der Waals surface area contributed by atoms with Crippen LogP contribution in [0.2, 0.25) is 0 Å². The molecule has 0 spiro atoms. The number of rotatable bonds is 1. The summed E-state index contributed by atoms with van der Waals surface area (Å²) in [6.45, 7) is 9.43. The molecule has 3 aliphatic heterocycles. The fraction of sp³-hybridized carbons (Fsp3) is 0.929. The molecular formula is C14H25N3O. The fourth-order valence-corrected chi connectivity index (χ4v) is 3.82. The van der Waals surface area contributed by atoms with Crippen molar-refractivity contribution in [2.45, 2.75) is 45.2 Å². The van der Waals surface area contributed by atoms with E-state index in [-0.39, 0.29) is 5.41 Å². The van der Waals surface area contributed by atoms with Gasteiger partial charge in [-0.25, -0.2) is 0 Å². The zero-order chi connectivity index (χ0) is 12.8. The molecule has 3 aliphatic rings. The Kier molecular flexibility index (Phi) is 3.10. The van der Waals surface area contributed by atoms with E-state index < -0.39 is 0 Å². The highest BCUT2D eigenvalue weighted by Gasteiger charge is 2.44. The molecule has 3 unspecified atom stereocenters. The van der Waals surface area contributed by atoms with Gasteiger partial charge in [0.1, 0.15) is 0 Å². The third-order valence-electron chi connectivity index (χ3n) is 5.08. The van der Waals surface area contributed by atoms with Crippen LogP contribution in [-0.2, 0) is 4.79 Å². The molecule has 18 heavy (non-hydrogen) atoms. The van der Waals surface area contributed by atoms with Crippen molar-refractivity contribution in [1.29, 1.82) is 0 Å². The van der Waals surface area contributed by atoms with Gasteiger partial charge in [0.25, 0.3) is 0 Å². The number of hydrogen-bond acceptors (Lipinski definition) is 3. The highest BCUT2D eigenvalue weighted by atomic mass is 16.2. The predicted octanol–water partition coefficient (Wildman–Crippen LogP) is 0.681. The monoisotopic (exact) mass is 251 g/mol. The Labute approximate surface area is 110 Å². The highest BCUT2D eigenvalue weighted by Crippen LogP contribution is 2.31. The van der Waals surface area contributed by atoms with E-state index in [9.17, 15) is 4.79 Å². The SMILES string of the molecule is CC1CN2CCCC2CN1C(=O)C1(C)CCNC1. The summed E-state index contributed by atoms with van der Waals surface area (Å²) in [5.74, 6) is 0.381. The number of piperazine rings is 1. The molecular weight excluding hydrogens is 226 g/mol. The number of nitrogens with one attached hydrogen (secondary N) is 1. The molecule has 0 aromatic rings. The summed E-state index contributed by atoms with van der Waals surface area (Å²) in [5, 5.41) is 3.34. The molecule has 3 fully saturated rings. The molecule has 3 rings (SSSR count). The van der Waals surface area contributed by atoms with Crippen LogP contribution in [0, 0.1) is 5.41 Å². The van der Waals surface area contributed by atoms with E-state index in [2.05, 4.69) is 29.0 Å². The van der Waals surface area contributed by atoms with Crippen LogP contribution in [0.3, 0.4) is 0 Å². The molecule has 0 radical (unpaired) electrons. The van der Waals surface area contributed by atoms with E-state index in [1.807, 2.05) is 0 Å². The Balaban J connectivity index is 1.73. The first-order chi connectivity index (χ1) is 8.60. The molecule has 0 bridgehead atoms. The van der Waals surface area contributed by atoms with E-state index in [1.165, 1.54) is 19.4 Å². The Morgan fingerprint density at radius 1 is 1.39 bits per heavy atom. The number of carbonyl (C=O) groups excluding carboxylic acids is 1. The van der Waals surface area contributed by atoms with Crippen LogP contribution >= 0.6 is 0 Å². The summed E-state index contributed by atoms with van der Waals surface area (Å²) in [4.78, 5) is 17.5.